The third kappa shape index (κ3) is 5.70. The molecule has 0 unspecified atom stereocenters. The van der Waals surface area contributed by atoms with Gasteiger partial charge in [0.1, 0.15) is 23.3 Å². The normalized spacial score (nSPS) is 16.0. The maximum Gasteiger partial charge on any atom is 0.273 e. The maximum absolute atomic E-state index is 11.3. The standard InChI is InChI=1S/C31H23N5O6S2/c1-41-28-18-21(36(39)40)9-14-24(28)26-15-16-27(42-26)30-29(25-4-2-3-17-32-25)33-31(43)34(30)19-5-10-22(11-6-19)44-23-12-7-20(8-13-23)35(37)38/h2-18,29-30H,1H3,(H,33,43)/t29-,30-/m0/s1. The number of ether oxygens (including phenoxy) is 1. The van der Waals surface area contributed by atoms with Crippen molar-refractivity contribution in [2.45, 2.75) is 21.9 Å². The average molecular weight is 626 g/mol. The van der Waals surface area contributed by atoms with Crippen LogP contribution in [0.2, 0.25) is 0 Å². The Labute approximate surface area is 260 Å². The number of aromatic nitrogens is 1. The number of furan rings is 1. The highest BCUT2D eigenvalue weighted by Crippen LogP contribution is 2.44. The molecule has 13 heteroatoms. The number of rotatable bonds is 9. The van der Waals surface area contributed by atoms with Crippen molar-refractivity contribution in [3.8, 4) is 17.1 Å². The second-order valence-electron chi connectivity index (χ2n) is 9.69. The van der Waals surface area contributed by atoms with Crippen LogP contribution in [0.1, 0.15) is 23.5 Å². The lowest BCUT2D eigenvalue weighted by molar-refractivity contribution is -0.385. The van der Waals surface area contributed by atoms with E-state index < -0.39 is 15.9 Å². The maximum atomic E-state index is 11.3. The Balaban J connectivity index is 1.33. The quantitative estimate of drug-likeness (QED) is 0.0990. The fraction of sp³-hybridized carbons (Fsp3) is 0.0968. The van der Waals surface area contributed by atoms with E-state index >= 15 is 0 Å². The summed E-state index contributed by atoms with van der Waals surface area (Å²) in [7, 11) is 1.45. The number of thiocarbonyl (C=S) groups is 1. The molecule has 2 atom stereocenters. The Morgan fingerprint density at radius 2 is 1.59 bits per heavy atom. The van der Waals surface area contributed by atoms with Gasteiger partial charge < -0.3 is 19.4 Å². The summed E-state index contributed by atoms with van der Waals surface area (Å²) < 4.78 is 11.8. The van der Waals surface area contributed by atoms with Gasteiger partial charge in [0.15, 0.2) is 5.11 Å². The minimum Gasteiger partial charge on any atom is -0.496 e. The zero-order chi connectivity index (χ0) is 30.8. The zero-order valence-electron chi connectivity index (χ0n) is 23.0. The number of nitrogens with zero attached hydrogens (tertiary/aromatic N) is 4. The van der Waals surface area contributed by atoms with Gasteiger partial charge in [0.25, 0.3) is 11.4 Å². The van der Waals surface area contributed by atoms with Crippen molar-refractivity contribution in [3.05, 3.63) is 135 Å². The number of benzene rings is 3. The minimum atomic E-state index is -0.476. The first kappa shape index (κ1) is 28.8. The molecule has 3 heterocycles. The Morgan fingerprint density at radius 1 is 0.909 bits per heavy atom. The summed E-state index contributed by atoms with van der Waals surface area (Å²) >= 11 is 7.32. The lowest BCUT2D eigenvalue weighted by Gasteiger charge is -2.26. The van der Waals surface area contributed by atoms with Gasteiger partial charge in [-0.1, -0.05) is 17.8 Å². The number of non-ortho nitro benzene ring substituents is 2. The summed E-state index contributed by atoms with van der Waals surface area (Å²) in [5.41, 5.74) is 2.13. The van der Waals surface area contributed by atoms with Gasteiger partial charge in [-0.15, -0.1) is 0 Å². The van der Waals surface area contributed by atoms with Crippen molar-refractivity contribution in [2.24, 2.45) is 0 Å². The number of nitro benzene ring substituents is 2. The first-order chi connectivity index (χ1) is 21.3. The molecule has 0 radical (unpaired) electrons. The van der Waals surface area contributed by atoms with Crippen molar-refractivity contribution in [2.75, 3.05) is 12.0 Å². The molecule has 0 saturated carbocycles. The van der Waals surface area contributed by atoms with Gasteiger partial charge in [0, 0.05) is 39.9 Å². The summed E-state index contributed by atoms with van der Waals surface area (Å²) in [6.07, 6.45) is 1.72. The summed E-state index contributed by atoms with van der Waals surface area (Å²) in [6, 6.07) is 27.2. The van der Waals surface area contributed by atoms with E-state index in [0.717, 1.165) is 21.2 Å². The lowest BCUT2D eigenvalue weighted by Crippen LogP contribution is -2.29. The molecule has 1 fully saturated rings. The number of hydrogen-bond donors (Lipinski definition) is 1. The van der Waals surface area contributed by atoms with Gasteiger partial charge in [0.2, 0.25) is 0 Å². The molecule has 1 aliphatic rings. The van der Waals surface area contributed by atoms with E-state index in [1.165, 1.54) is 43.1 Å². The van der Waals surface area contributed by atoms with Crippen LogP contribution < -0.4 is 15.0 Å². The summed E-state index contributed by atoms with van der Waals surface area (Å²) in [6.45, 7) is 0. The van der Waals surface area contributed by atoms with E-state index in [1.54, 1.807) is 30.5 Å². The van der Waals surface area contributed by atoms with Crippen LogP contribution in [0.5, 0.6) is 5.75 Å². The largest absolute Gasteiger partial charge is 0.496 e. The topological polar surface area (TPSA) is 137 Å². The predicted octanol–water partition coefficient (Wildman–Crippen LogP) is 7.49. The van der Waals surface area contributed by atoms with Crippen LogP contribution in [-0.4, -0.2) is 27.1 Å². The van der Waals surface area contributed by atoms with Gasteiger partial charge in [0.05, 0.1) is 40.3 Å². The summed E-state index contributed by atoms with van der Waals surface area (Å²) in [5, 5.41) is 26.2. The third-order valence-corrected chi connectivity index (χ3v) is 8.41. The minimum absolute atomic E-state index is 0.0429. The lowest BCUT2D eigenvalue weighted by atomic mass is 10.0. The van der Waals surface area contributed by atoms with Crippen LogP contribution >= 0.6 is 24.0 Å². The fourth-order valence-corrected chi connectivity index (χ4v) is 6.18. The van der Waals surface area contributed by atoms with Crippen molar-refractivity contribution >= 4 is 46.2 Å². The predicted molar refractivity (Wildman–Crippen MR) is 169 cm³/mol. The van der Waals surface area contributed by atoms with Crippen LogP contribution in [0.15, 0.2) is 117 Å². The monoisotopic (exact) mass is 625 g/mol. The van der Waals surface area contributed by atoms with E-state index in [-0.39, 0.29) is 17.4 Å². The molecule has 3 aromatic carbocycles. The highest BCUT2D eigenvalue weighted by atomic mass is 32.2. The Hall–Kier alpha value is -5.27. The first-order valence-electron chi connectivity index (χ1n) is 13.3. The number of nitrogens with one attached hydrogen (secondary N) is 1. The zero-order valence-corrected chi connectivity index (χ0v) is 24.7. The molecule has 0 bridgehead atoms. The van der Waals surface area contributed by atoms with Gasteiger partial charge in [-0.3, -0.25) is 25.2 Å². The molecule has 11 nitrogen and oxygen atoms in total. The van der Waals surface area contributed by atoms with Gasteiger partial charge in [-0.2, -0.15) is 0 Å². The second kappa shape index (κ2) is 12.1. The molecular formula is C31H23N5O6S2. The van der Waals surface area contributed by atoms with Gasteiger partial charge >= 0.3 is 0 Å². The molecule has 44 heavy (non-hydrogen) atoms. The van der Waals surface area contributed by atoms with Crippen molar-refractivity contribution in [3.63, 3.8) is 0 Å². The molecule has 0 aliphatic carbocycles. The number of anilines is 1. The molecule has 1 aliphatic heterocycles. The van der Waals surface area contributed by atoms with Gasteiger partial charge in [-0.25, -0.2) is 0 Å². The average Bonchev–Trinajstić information content (AvgIpc) is 3.66. The van der Waals surface area contributed by atoms with Crippen LogP contribution in [0.4, 0.5) is 17.1 Å². The number of nitro groups is 2. The molecule has 1 saturated heterocycles. The summed E-state index contributed by atoms with van der Waals surface area (Å²) in [4.78, 5) is 29.7. The van der Waals surface area contributed by atoms with Crippen LogP contribution in [-0.2, 0) is 0 Å². The molecule has 220 valence electrons. The molecule has 0 spiro atoms. The van der Waals surface area contributed by atoms with Gasteiger partial charge in [-0.05, 0) is 78.9 Å². The van der Waals surface area contributed by atoms with E-state index in [1.807, 2.05) is 53.4 Å². The molecule has 1 N–H and O–H groups in total. The highest BCUT2D eigenvalue weighted by molar-refractivity contribution is 7.99. The molecule has 2 aromatic heterocycles. The number of pyridine rings is 1. The van der Waals surface area contributed by atoms with E-state index in [4.69, 9.17) is 21.4 Å². The first-order valence-corrected chi connectivity index (χ1v) is 14.5. The second-order valence-corrected chi connectivity index (χ2v) is 11.2. The van der Waals surface area contributed by atoms with Crippen molar-refractivity contribution in [1.29, 1.82) is 0 Å². The summed E-state index contributed by atoms with van der Waals surface area (Å²) in [5.74, 6) is 1.41. The molecule has 6 rings (SSSR count). The van der Waals surface area contributed by atoms with Crippen molar-refractivity contribution < 1.29 is 19.0 Å². The Morgan fingerprint density at radius 3 is 2.23 bits per heavy atom. The smallest absolute Gasteiger partial charge is 0.273 e. The fourth-order valence-electron chi connectivity index (χ4n) is 5.02. The molecular weight excluding hydrogens is 603 g/mol. The third-order valence-electron chi connectivity index (χ3n) is 7.08. The highest BCUT2D eigenvalue weighted by Gasteiger charge is 2.42. The SMILES string of the molecule is COc1cc([N+](=O)[O-])ccc1-c1ccc([C@H]2[C@H](c3ccccn3)NC(=S)N2c2ccc(Sc3ccc([N+](=O)[O-])cc3)cc2)o1. The number of hydrogen-bond acceptors (Lipinski definition) is 9. The molecule has 5 aromatic rings. The van der Waals surface area contributed by atoms with Crippen molar-refractivity contribution in [1.82, 2.24) is 10.3 Å². The molecule has 0 amide bonds. The Kier molecular flexibility index (Phi) is 7.96. The number of methoxy groups -OCH3 is 1. The van der Waals surface area contributed by atoms with Crippen LogP contribution in [0.25, 0.3) is 11.3 Å². The van der Waals surface area contributed by atoms with E-state index in [9.17, 15) is 20.2 Å². The Bertz CT molecular complexity index is 1850. The van der Waals surface area contributed by atoms with Crippen LogP contribution in [0, 0.1) is 20.2 Å². The van der Waals surface area contributed by atoms with Crippen LogP contribution in [0.3, 0.4) is 0 Å². The van der Waals surface area contributed by atoms with E-state index in [2.05, 4.69) is 10.3 Å². The van der Waals surface area contributed by atoms with E-state index in [0.29, 0.717) is 27.9 Å².